The lowest BCUT2D eigenvalue weighted by Gasteiger charge is -2.36. The zero-order valence-corrected chi connectivity index (χ0v) is 29.2. The predicted octanol–water partition coefficient (Wildman–Crippen LogP) is 11.0. The van der Waals surface area contributed by atoms with Crippen LogP contribution in [0.3, 0.4) is 0 Å². The van der Waals surface area contributed by atoms with E-state index in [0.29, 0.717) is 11.3 Å². The molecule has 3 aromatic rings. The van der Waals surface area contributed by atoms with Crippen LogP contribution < -0.4 is 9.47 Å². The van der Waals surface area contributed by atoms with Gasteiger partial charge in [0.25, 0.3) is 0 Å². The van der Waals surface area contributed by atoms with Crippen LogP contribution in [0.15, 0.2) is 54.6 Å². The van der Waals surface area contributed by atoms with Gasteiger partial charge in [0.05, 0.1) is 13.0 Å². The largest absolute Gasteiger partial charge is 0.497 e. The summed E-state index contributed by atoms with van der Waals surface area (Å²) >= 11 is 0. The number of carboxylic acids is 1. The van der Waals surface area contributed by atoms with Gasteiger partial charge in [0.15, 0.2) is 11.6 Å². The Morgan fingerprint density at radius 1 is 0.915 bits per heavy atom. The van der Waals surface area contributed by atoms with E-state index in [1.54, 1.807) is 32.2 Å². The number of alkyl halides is 1. The Hall–Kier alpha value is -3.74. The minimum Gasteiger partial charge on any atom is -0.497 e. The summed E-state index contributed by atoms with van der Waals surface area (Å²) < 4.78 is 58.3. The molecule has 0 heterocycles. The Balaban J connectivity index is 0.00000120. The SMILES string of the molecule is CC.CC.COc1ccc(F)c(-c2ccc(COc3ccc4c(c3F)C3(CCC4(C)F)C(C(=O)O)[C@@H]3C)cc2C2=CCCC2(C)C)c1. The summed E-state index contributed by atoms with van der Waals surface area (Å²) in [6.45, 7) is 15.6. The molecule has 0 radical (unpaired) electrons. The van der Waals surface area contributed by atoms with Gasteiger partial charge in [-0.3, -0.25) is 4.79 Å². The van der Waals surface area contributed by atoms with Gasteiger partial charge in [-0.25, -0.2) is 13.2 Å². The number of allylic oxidation sites excluding steroid dienone is 2. The zero-order chi connectivity index (χ0) is 34.9. The molecule has 47 heavy (non-hydrogen) atoms. The minimum atomic E-state index is -1.76. The van der Waals surface area contributed by atoms with Crippen LogP contribution in [0.25, 0.3) is 16.7 Å². The maximum absolute atomic E-state index is 16.2. The van der Waals surface area contributed by atoms with Gasteiger partial charge in [0.1, 0.15) is 23.8 Å². The number of methoxy groups -OCH3 is 1. The van der Waals surface area contributed by atoms with Crippen LogP contribution >= 0.6 is 0 Å². The number of benzene rings is 3. The highest BCUT2D eigenvalue weighted by Crippen LogP contribution is 2.68. The number of fused-ring (bicyclic) bond motifs is 2. The number of rotatable bonds is 7. The van der Waals surface area contributed by atoms with Crippen LogP contribution in [0.4, 0.5) is 13.2 Å². The van der Waals surface area contributed by atoms with Crippen LogP contribution in [-0.4, -0.2) is 18.2 Å². The Bertz CT molecular complexity index is 1660. The predicted molar refractivity (Wildman–Crippen MR) is 182 cm³/mol. The second-order valence-corrected chi connectivity index (χ2v) is 13.2. The number of halogens is 3. The molecule has 1 fully saturated rings. The minimum absolute atomic E-state index is 0.0229. The molecule has 3 aliphatic rings. The molecule has 4 nitrogen and oxygen atoms in total. The van der Waals surface area contributed by atoms with Gasteiger partial charge in [-0.2, -0.15) is 0 Å². The monoisotopic (exact) mass is 650 g/mol. The lowest BCUT2D eigenvalue weighted by molar-refractivity contribution is -0.139. The lowest BCUT2D eigenvalue weighted by Crippen LogP contribution is -2.32. The normalized spacial score (nSPS) is 25.0. The molecule has 254 valence electrons. The van der Waals surface area contributed by atoms with Crippen LogP contribution in [0.5, 0.6) is 11.5 Å². The molecular weight excluding hydrogens is 601 g/mol. The van der Waals surface area contributed by atoms with Gasteiger partial charge in [-0.15, -0.1) is 0 Å². The summed E-state index contributed by atoms with van der Waals surface area (Å²) in [5.41, 5.74) is 1.44. The third kappa shape index (κ3) is 6.30. The van der Waals surface area contributed by atoms with E-state index in [9.17, 15) is 9.90 Å². The smallest absolute Gasteiger partial charge is 0.307 e. The average molecular weight is 651 g/mol. The van der Waals surface area contributed by atoms with Crippen molar-refractivity contribution in [1.82, 2.24) is 0 Å². The van der Waals surface area contributed by atoms with Crippen molar-refractivity contribution in [2.45, 2.75) is 98.8 Å². The molecule has 1 N–H and O–H groups in total. The van der Waals surface area contributed by atoms with Crippen LogP contribution in [0.2, 0.25) is 0 Å². The fraction of sp³-hybridized carbons (Fsp3) is 0.475. The summed E-state index contributed by atoms with van der Waals surface area (Å²) in [6.07, 6.45) is 4.47. The first-order valence-electron chi connectivity index (χ1n) is 16.9. The number of ether oxygens (including phenoxy) is 2. The molecule has 4 atom stereocenters. The van der Waals surface area contributed by atoms with Crippen molar-refractivity contribution in [3.8, 4) is 22.6 Å². The van der Waals surface area contributed by atoms with E-state index in [1.165, 1.54) is 19.1 Å². The quantitative estimate of drug-likeness (QED) is 0.276. The molecule has 0 amide bonds. The van der Waals surface area contributed by atoms with E-state index in [2.05, 4.69) is 19.9 Å². The molecule has 7 heteroatoms. The van der Waals surface area contributed by atoms with Crippen molar-refractivity contribution in [2.75, 3.05) is 7.11 Å². The summed E-state index contributed by atoms with van der Waals surface area (Å²) in [5, 5.41) is 9.83. The van der Waals surface area contributed by atoms with E-state index in [1.807, 2.05) is 45.9 Å². The van der Waals surface area contributed by atoms with E-state index in [0.717, 1.165) is 35.1 Å². The van der Waals surface area contributed by atoms with Gasteiger partial charge in [-0.1, -0.05) is 72.7 Å². The first-order valence-corrected chi connectivity index (χ1v) is 16.9. The van der Waals surface area contributed by atoms with E-state index < -0.39 is 28.8 Å². The molecule has 3 aliphatic carbocycles. The Morgan fingerprint density at radius 2 is 1.62 bits per heavy atom. The van der Waals surface area contributed by atoms with Gasteiger partial charge in [0, 0.05) is 16.5 Å². The number of carboxylic acid groups (broad SMARTS) is 1. The third-order valence-corrected chi connectivity index (χ3v) is 10.2. The highest BCUT2D eigenvalue weighted by Gasteiger charge is 2.70. The molecule has 1 spiro atoms. The maximum Gasteiger partial charge on any atom is 0.307 e. The van der Waals surface area contributed by atoms with Crippen LogP contribution in [0, 0.1) is 28.9 Å². The fourth-order valence-electron chi connectivity index (χ4n) is 7.69. The van der Waals surface area contributed by atoms with Gasteiger partial charge in [-0.05, 0) is 102 Å². The molecule has 0 aromatic heterocycles. The number of aliphatic carboxylic acids is 1. The molecule has 1 saturated carbocycles. The van der Waals surface area contributed by atoms with Gasteiger partial charge < -0.3 is 14.6 Å². The van der Waals surface area contributed by atoms with Gasteiger partial charge >= 0.3 is 5.97 Å². The van der Waals surface area contributed by atoms with Crippen molar-refractivity contribution >= 4 is 11.5 Å². The fourth-order valence-corrected chi connectivity index (χ4v) is 7.69. The van der Waals surface area contributed by atoms with E-state index in [-0.39, 0.29) is 53.5 Å². The maximum atomic E-state index is 16.2. The van der Waals surface area contributed by atoms with Crippen LogP contribution in [0.1, 0.15) is 103 Å². The number of carbonyl (C=O) groups is 1. The van der Waals surface area contributed by atoms with E-state index >= 15 is 13.2 Å². The van der Waals surface area contributed by atoms with Gasteiger partial charge in [0.2, 0.25) is 0 Å². The molecular formula is C40H49F3O4. The summed E-state index contributed by atoms with van der Waals surface area (Å²) in [4.78, 5) is 12.0. The molecule has 0 saturated heterocycles. The number of hydrogen-bond acceptors (Lipinski definition) is 3. The summed E-state index contributed by atoms with van der Waals surface area (Å²) in [5.74, 6) is -2.59. The topological polar surface area (TPSA) is 55.8 Å². The molecule has 0 aliphatic heterocycles. The highest BCUT2D eigenvalue weighted by molar-refractivity contribution is 5.85. The first-order chi connectivity index (χ1) is 22.3. The summed E-state index contributed by atoms with van der Waals surface area (Å²) in [7, 11) is 1.54. The Labute approximate surface area is 278 Å². The molecule has 0 bridgehead atoms. The van der Waals surface area contributed by atoms with Crippen molar-refractivity contribution in [1.29, 1.82) is 0 Å². The van der Waals surface area contributed by atoms with Crippen LogP contribution in [-0.2, 0) is 22.5 Å². The van der Waals surface area contributed by atoms with Crippen molar-refractivity contribution in [2.24, 2.45) is 17.3 Å². The van der Waals surface area contributed by atoms with Crippen molar-refractivity contribution < 1.29 is 32.5 Å². The summed E-state index contributed by atoms with van der Waals surface area (Å²) in [6, 6.07) is 13.3. The highest BCUT2D eigenvalue weighted by atomic mass is 19.1. The Kier molecular flexibility index (Phi) is 10.6. The Morgan fingerprint density at radius 3 is 2.21 bits per heavy atom. The molecule has 6 rings (SSSR count). The first kappa shape index (κ1) is 36.1. The zero-order valence-electron chi connectivity index (χ0n) is 29.2. The standard InChI is InChI=1S/C36H37F3O4.2C2H6/c1-20-30(33(40)41)36(20)16-15-35(4,39)27-11-13-29(32(38)31(27)36)43-19-21-8-10-23(25-18-22(42-5)9-12-28(25)37)24(17-21)26-7-6-14-34(26,2)3;2*1-2/h7-13,17-18,20,30H,6,14-16,19H2,1-5H3,(H,40,41);2*1-2H3/t20-,30?,35?,36?;;/m0../s1. The molecule has 3 aromatic carbocycles. The second kappa shape index (κ2) is 13.8. The lowest BCUT2D eigenvalue weighted by atomic mass is 9.71. The average Bonchev–Trinajstić information content (AvgIpc) is 3.48. The third-order valence-electron chi connectivity index (χ3n) is 10.2. The second-order valence-electron chi connectivity index (χ2n) is 13.2. The van der Waals surface area contributed by atoms with E-state index in [4.69, 9.17) is 9.47 Å². The molecule has 3 unspecified atom stereocenters. The van der Waals surface area contributed by atoms with Crippen molar-refractivity contribution in [3.05, 3.63) is 88.5 Å². The number of hydrogen-bond donors (Lipinski definition) is 1. The van der Waals surface area contributed by atoms with Crippen molar-refractivity contribution in [3.63, 3.8) is 0 Å².